The molecule has 0 aliphatic rings. The van der Waals surface area contributed by atoms with E-state index in [0.29, 0.717) is 6.42 Å². The normalized spacial score (nSPS) is 13.0. The maximum Gasteiger partial charge on any atom is 0.309 e. The first-order valence-electron chi connectivity index (χ1n) is 8.54. The first kappa shape index (κ1) is 18.2. The van der Waals surface area contributed by atoms with Gasteiger partial charge in [-0.2, -0.15) is 0 Å². The van der Waals surface area contributed by atoms with Crippen molar-refractivity contribution in [3.05, 3.63) is 47.3 Å². The molecule has 2 aromatic rings. The van der Waals surface area contributed by atoms with Gasteiger partial charge < -0.3 is 5.11 Å². The number of benzene rings is 1. The molecular formula is C19H27N3O2. The highest BCUT2D eigenvalue weighted by Crippen LogP contribution is 2.34. The van der Waals surface area contributed by atoms with Crippen LogP contribution in [0.3, 0.4) is 0 Å². The van der Waals surface area contributed by atoms with E-state index in [1.807, 2.05) is 23.0 Å². The van der Waals surface area contributed by atoms with Crippen LogP contribution in [0.2, 0.25) is 0 Å². The Morgan fingerprint density at radius 2 is 2.04 bits per heavy atom. The van der Waals surface area contributed by atoms with Gasteiger partial charge in [-0.05, 0) is 51.2 Å². The third-order valence-corrected chi connectivity index (χ3v) is 4.57. The Kier molecular flexibility index (Phi) is 5.75. The molecule has 0 fully saturated rings. The van der Waals surface area contributed by atoms with Crippen molar-refractivity contribution in [2.24, 2.45) is 5.41 Å². The molecule has 1 atom stereocenters. The van der Waals surface area contributed by atoms with E-state index in [9.17, 15) is 9.90 Å². The summed E-state index contributed by atoms with van der Waals surface area (Å²) < 4.78 is 1.86. The van der Waals surface area contributed by atoms with Crippen LogP contribution in [0.15, 0.2) is 30.5 Å². The molecule has 0 saturated heterocycles. The second-order valence-corrected chi connectivity index (χ2v) is 7.04. The Labute approximate surface area is 143 Å². The van der Waals surface area contributed by atoms with Crippen molar-refractivity contribution < 1.29 is 9.90 Å². The zero-order valence-electron chi connectivity index (χ0n) is 15.0. The van der Waals surface area contributed by atoms with Crippen molar-refractivity contribution in [2.75, 3.05) is 0 Å². The zero-order valence-corrected chi connectivity index (χ0v) is 15.0. The molecule has 0 saturated carbocycles. The van der Waals surface area contributed by atoms with Gasteiger partial charge in [-0.15, -0.1) is 5.10 Å². The number of carbonyl (C=O) groups is 1. The third kappa shape index (κ3) is 4.22. The number of aryl methyl sites for hydroxylation is 2. The number of rotatable bonds is 8. The molecule has 0 aliphatic carbocycles. The largest absolute Gasteiger partial charge is 0.481 e. The predicted molar refractivity (Wildman–Crippen MR) is 94.0 cm³/mol. The summed E-state index contributed by atoms with van der Waals surface area (Å²) in [6, 6.07) is 8.23. The van der Waals surface area contributed by atoms with Crippen LogP contribution in [-0.2, 0) is 11.3 Å². The van der Waals surface area contributed by atoms with Gasteiger partial charge in [-0.25, -0.2) is 0 Å². The number of hydrogen-bond acceptors (Lipinski definition) is 3. The lowest BCUT2D eigenvalue weighted by atomic mass is 9.81. The standard InChI is InChI=1S/C19H27N3O2/c1-5-12-22-13-17(20-21-22)16(10-11-19(3,4)18(23)24)15-9-7-6-8-14(15)2/h6-9,13,16H,5,10-12H2,1-4H3,(H,23,24). The molecule has 5 heteroatoms. The van der Waals surface area contributed by atoms with Gasteiger partial charge in [0, 0.05) is 18.7 Å². The van der Waals surface area contributed by atoms with Crippen LogP contribution in [-0.4, -0.2) is 26.1 Å². The molecular weight excluding hydrogens is 302 g/mol. The molecule has 0 bridgehead atoms. The average molecular weight is 329 g/mol. The second kappa shape index (κ2) is 7.60. The summed E-state index contributed by atoms with van der Waals surface area (Å²) in [5.74, 6) is -0.698. The van der Waals surface area contributed by atoms with Crippen LogP contribution in [0, 0.1) is 12.3 Å². The Morgan fingerprint density at radius 3 is 2.67 bits per heavy atom. The average Bonchev–Trinajstić information content (AvgIpc) is 2.98. The quantitative estimate of drug-likeness (QED) is 0.794. The van der Waals surface area contributed by atoms with Crippen LogP contribution in [0.1, 0.15) is 62.8 Å². The lowest BCUT2D eigenvalue weighted by Crippen LogP contribution is -2.24. The monoisotopic (exact) mass is 329 g/mol. The maximum atomic E-state index is 11.4. The topological polar surface area (TPSA) is 68.0 Å². The Hall–Kier alpha value is -2.17. The molecule has 0 radical (unpaired) electrons. The SMILES string of the molecule is CCCn1cc(C(CCC(C)(C)C(=O)O)c2ccccc2C)nn1. The summed E-state index contributed by atoms with van der Waals surface area (Å²) in [4.78, 5) is 11.4. The van der Waals surface area contributed by atoms with Crippen molar-refractivity contribution in [3.8, 4) is 0 Å². The molecule has 0 amide bonds. The van der Waals surface area contributed by atoms with Crippen molar-refractivity contribution >= 4 is 5.97 Å². The van der Waals surface area contributed by atoms with Crippen LogP contribution < -0.4 is 0 Å². The summed E-state index contributed by atoms with van der Waals surface area (Å²) >= 11 is 0. The summed E-state index contributed by atoms with van der Waals surface area (Å²) in [5.41, 5.74) is 2.56. The van der Waals surface area contributed by atoms with Gasteiger partial charge in [0.25, 0.3) is 0 Å². The number of carboxylic acid groups (broad SMARTS) is 1. The molecule has 1 aromatic heterocycles. The van der Waals surface area contributed by atoms with Crippen LogP contribution in [0.4, 0.5) is 0 Å². The molecule has 1 unspecified atom stereocenters. The highest BCUT2D eigenvalue weighted by molar-refractivity contribution is 5.73. The summed E-state index contributed by atoms with van der Waals surface area (Å²) in [5, 5.41) is 18.0. The van der Waals surface area contributed by atoms with Crippen molar-refractivity contribution in [2.45, 2.75) is 59.4 Å². The van der Waals surface area contributed by atoms with Crippen LogP contribution >= 0.6 is 0 Å². The van der Waals surface area contributed by atoms with Gasteiger partial charge in [-0.1, -0.05) is 36.4 Å². The van der Waals surface area contributed by atoms with Gasteiger partial charge in [0.05, 0.1) is 11.1 Å². The number of nitrogens with zero attached hydrogens (tertiary/aromatic N) is 3. The van der Waals surface area contributed by atoms with Gasteiger partial charge in [-0.3, -0.25) is 9.48 Å². The highest BCUT2D eigenvalue weighted by Gasteiger charge is 2.30. The summed E-state index contributed by atoms with van der Waals surface area (Å²) in [6.45, 7) is 8.58. The molecule has 5 nitrogen and oxygen atoms in total. The van der Waals surface area contributed by atoms with Crippen molar-refractivity contribution in [1.82, 2.24) is 15.0 Å². The lowest BCUT2D eigenvalue weighted by Gasteiger charge is -2.23. The molecule has 1 N–H and O–H groups in total. The fourth-order valence-electron chi connectivity index (χ4n) is 2.86. The van der Waals surface area contributed by atoms with E-state index in [1.54, 1.807) is 13.8 Å². The molecule has 0 spiro atoms. The zero-order chi connectivity index (χ0) is 17.7. The number of aliphatic carboxylic acids is 1. The van der Waals surface area contributed by atoms with E-state index in [1.165, 1.54) is 11.1 Å². The molecule has 130 valence electrons. The van der Waals surface area contributed by atoms with E-state index in [4.69, 9.17) is 0 Å². The predicted octanol–water partition coefficient (Wildman–Crippen LogP) is 4.02. The molecule has 0 aliphatic heterocycles. The maximum absolute atomic E-state index is 11.4. The van der Waals surface area contributed by atoms with Gasteiger partial charge in [0.2, 0.25) is 0 Å². The minimum absolute atomic E-state index is 0.0652. The van der Waals surface area contributed by atoms with Crippen LogP contribution in [0.5, 0.6) is 0 Å². The van der Waals surface area contributed by atoms with E-state index in [2.05, 4.69) is 36.3 Å². The fraction of sp³-hybridized carbons (Fsp3) is 0.526. The smallest absolute Gasteiger partial charge is 0.309 e. The molecule has 24 heavy (non-hydrogen) atoms. The van der Waals surface area contributed by atoms with Crippen molar-refractivity contribution in [3.63, 3.8) is 0 Å². The lowest BCUT2D eigenvalue weighted by molar-refractivity contribution is -0.147. The Morgan fingerprint density at radius 1 is 1.33 bits per heavy atom. The summed E-state index contributed by atoms with van der Waals surface area (Å²) in [6.07, 6.45) is 4.31. The first-order chi connectivity index (χ1) is 11.3. The van der Waals surface area contributed by atoms with Gasteiger partial charge in [0.15, 0.2) is 0 Å². The number of hydrogen-bond donors (Lipinski definition) is 1. The first-order valence-corrected chi connectivity index (χ1v) is 8.54. The minimum Gasteiger partial charge on any atom is -0.481 e. The van der Waals surface area contributed by atoms with Gasteiger partial charge in [0.1, 0.15) is 0 Å². The third-order valence-electron chi connectivity index (χ3n) is 4.57. The van der Waals surface area contributed by atoms with Gasteiger partial charge >= 0.3 is 5.97 Å². The number of aromatic nitrogens is 3. The summed E-state index contributed by atoms with van der Waals surface area (Å²) in [7, 11) is 0. The molecule has 2 rings (SSSR count). The van der Waals surface area contributed by atoms with E-state index in [0.717, 1.165) is 25.1 Å². The fourth-order valence-corrected chi connectivity index (χ4v) is 2.86. The second-order valence-electron chi connectivity index (χ2n) is 7.04. The molecule has 1 aromatic carbocycles. The number of carboxylic acids is 1. The highest BCUT2D eigenvalue weighted by atomic mass is 16.4. The Bertz CT molecular complexity index is 691. The van der Waals surface area contributed by atoms with Crippen molar-refractivity contribution in [1.29, 1.82) is 0 Å². The van der Waals surface area contributed by atoms with E-state index in [-0.39, 0.29) is 5.92 Å². The van der Waals surface area contributed by atoms with E-state index < -0.39 is 11.4 Å². The Balaban J connectivity index is 2.31. The minimum atomic E-state index is -0.763. The van der Waals surface area contributed by atoms with E-state index >= 15 is 0 Å². The van der Waals surface area contributed by atoms with Crippen LogP contribution in [0.25, 0.3) is 0 Å². The molecule has 1 heterocycles.